The molecule has 0 saturated carbocycles. The summed E-state index contributed by atoms with van der Waals surface area (Å²) in [6, 6.07) is 13.2. The minimum atomic E-state index is -4.43. The lowest BCUT2D eigenvalue weighted by molar-refractivity contribution is -0.136. The van der Waals surface area contributed by atoms with Crippen molar-refractivity contribution in [2.75, 3.05) is 11.9 Å². The number of benzene rings is 2. The minimum absolute atomic E-state index is 0.0182. The summed E-state index contributed by atoms with van der Waals surface area (Å²) < 4.78 is 38.7. The summed E-state index contributed by atoms with van der Waals surface area (Å²) >= 11 is 5.62. The smallest absolute Gasteiger partial charge is 0.381 e. The second-order valence-corrected chi connectivity index (χ2v) is 4.82. The molecule has 0 heterocycles. The van der Waals surface area contributed by atoms with E-state index in [2.05, 4.69) is 5.32 Å². The highest BCUT2D eigenvalue weighted by molar-refractivity contribution is 6.30. The van der Waals surface area contributed by atoms with Crippen molar-refractivity contribution in [3.8, 4) is 0 Å². The molecule has 0 aliphatic heterocycles. The summed E-state index contributed by atoms with van der Waals surface area (Å²) in [6.45, 7) is 0.291. The lowest BCUT2D eigenvalue weighted by Crippen LogP contribution is -2.10. The zero-order valence-electron chi connectivity index (χ0n) is 11.0. The molecular formula is C16H13ClF3N. The summed E-state index contributed by atoms with van der Waals surface area (Å²) in [5.41, 5.74) is 0.249. The monoisotopic (exact) mass is 311 g/mol. The Morgan fingerprint density at radius 2 is 1.76 bits per heavy atom. The van der Waals surface area contributed by atoms with E-state index < -0.39 is 11.7 Å². The summed E-state index contributed by atoms with van der Waals surface area (Å²) in [7, 11) is 0. The van der Waals surface area contributed by atoms with Crippen LogP contribution < -0.4 is 5.32 Å². The highest BCUT2D eigenvalue weighted by Crippen LogP contribution is 2.36. The largest absolute Gasteiger partial charge is 0.418 e. The van der Waals surface area contributed by atoms with Crippen molar-refractivity contribution in [2.24, 2.45) is 0 Å². The molecule has 21 heavy (non-hydrogen) atoms. The van der Waals surface area contributed by atoms with E-state index in [1.807, 2.05) is 36.4 Å². The number of rotatable bonds is 4. The van der Waals surface area contributed by atoms with Crippen LogP contribution in [-0.2, 0) is 6.18 Å². The molecule has 0 fully saturated rings. The fourth-order valence-corrected chi connectivity index (χ4v) is 2.01. The van der Waals surface area contributed by atoms with Crippen molar-refractivity contribution in [1.82, 2.24) is 0 Å². The first-order valence-electron chi connectivity index (χ1n) is 6.29. The molecule has 5 heteroatoms. The Kier molecular flexibility index (Phi) is 4.91. The molecule has 1 N–H and O–H groups in total. The molecule has 0 bridgehead atoms. The molecule has 0 aliphatic rings. The third-order valence-electron chi connectivity index (χ3n) is 2.81. The van der Waals surface area contributed by atoms with Crippen LogP contribution in [0.15, 0.2) is 54.6 Å². The molecule has 0 radical (unpaired) electrons. The highest BCUT2D eigenvalue weighted by Gasteiger charge is 2.33. The molecular weight excluding hydrogens is 299 g/mol. The number of halogens is 4. The Morgan fingerprint density at radius 3 is 2.43 bits per heavy atom. The molecule has 2 aromatic rings. The Bertz CT molecular complexity index is 621. The SMILES string of the molecule is FC(F)(F)c1cc(Cl)ccc1NCC=Cc1ccccc1. The van der Waals surface area contributed by atoms with Crippen LogP contribution in [0, 0.1) is 0 Å². The number of alkyl halides is 3. The van der Waals surface area contributed by atoms with Crippen LogP contribution in [0.3, 0.4) is 0 Å². The third kappa shape index (κ3) is 4.53. The van der Waals surface area contributed by atoms with E-state index in [9.17, 15) is 13.2 Å². The first kappa shape index (κ1) is 15.4. The van der Waals surface area contributed by atoms with Crippen molar-refractivity contribution >= 4 is 23.4 Å². The molecule has 0 unspecified atom stereocenters. The van der Waals surface area contributed by atoms with Gasteiger partial charge in [-0.3, -0.25) is 0 Å². The zero-order valence-corrected chi connectivity index (χ0v) is 11.7. The average molecular weight is 312 g/mol. The predicted octanol–water partition coefficient (Wildman–Crippen LogP) is 5.48. The van der Waals surface area contributed by atoms with Crippen LogP contribution >= 0.6 is 11.6 Å². The van der Waals surface area contributed by atoms with Gasteiger partial charge in [0.1, 0.15) is 0 Å². The number of hydrogen-bond acceptors (Lipinski definition) is 1. The van der Waals surface area contributed by atoms with Gasteiger partial charge in [0, 0.05) is 17.3 Å². The summed E-state index contributed by atoms with van der Waals surface area (Å²) in [4.78, 5) is 0. The van der Waals surface area contributed by atoms with Crippen LogP contribution in [-0.4, -0.2) is 6.54 Å². The van der Waals surface area contributed by atoms with E-state index >= 15 is 0 Å². The standard InChI is InChI=1S/C16H13ClF3N/c17-13-8-9-15(14(11-13)16(18,19)20)21-10-4-7-12-5-2-1-3-6-12/h1-9,11,21H,10H2. The molecule has 0 aliphatic carbocycles. The van der Waals surface area contributed by atoms with Crippen LogP contribution in [0.1, 0.15) is 11.1 Å². The van der Waals surface area contributed by atoms with Crippen LogP contribution in [0.25, 0.3) is 6.08 Å². The average Bonchev–Trinajstić information content (AvgIpc) is 2.45. The number of hydrogen-bond donors (Lipinski definition) is 1. The fourth-order valence-electron chi connectivity index (χ4n) is 1.83. The summed E-state index contributed by atoms with van der Waals surface area (Å²) in [5, 5.41) is 2.81. The van der Waals surface area contributed by atoms with E-state index in [0.717, 1.165) is 11.6 Å². The molecule has 1 nitrogen and oxygen atoms in total. The van der Waals surface area contributed by atoms with Gasteiger partial charge in [-0.05, 0) is 23.8 Å². The Labute approximate surface area is 126 Å². The van der Waals surface area contributed by atoms with Gasteiger partial charge in [0.15, 0.2) is 0 Å². The Balaban J connectivity index is 2.05. The molecule has 0 aromatic heterocycles. The van der Waals surface area contributed by atoms with Gasteiger partial charge in [0.05, 0.1) is 5.56 Å². The van der Waals surface area contributed by atoms with Crippen molar-refractivity contribution in [2.45, 2.75) is 6.18 Å². The van der Waals surface area contributed by atoms with E-state index in [1.54, 1.807) is 6.08 Å². The quantitative estimate of drug-likeness (QED) is 0.788. The maximum absolute atomic E-state index is 12.9. The van der Waals surface area contributed by atoms with Gasteiger partial charge in [-0.2, -0.15) is 13.2 Å². The highest BCUT2D eigenvalue weighted by atomic mass is 35.5. The molecule has 0 atom stereocenters. The van der Waals surface area contributed by atoms with Crippen molar-refractivity contribution < 1.29 is 13.2 Å². The first-order valence-corrected chi connectivity index (χ1v) is 6.67. The fraction of sp³-hybridized carbons (Fsp3) is 0.125. The van der Waals surface area contributed by atoms with E-state index in [0.29, 0.717) is 6.54 Å². The topological polar surface area (TPSA) is 12.0 Å². The lowest BCUT2D eigenvalue weighted by Gasteiger charge is -2.13. The molecule has 0 amide bonds. The third-order valence-corrected chi connectivity index (χ3v) is 3.04. The van der Waals surface area contributed by atoms with Gasteiger partial charge in [0.2, 0.25) is 0 Å². The maximum Gasteiger partial charge on any atom is 0.418 e. The lowest BCUT2D eigenvalue weighted by atomic mass is 10.1. The van der Waals surface area contributed by atoms with E-state index in [4.69, 9.17) is 11.6 Å². The number of anilines is 1. The van der Waals surface area contributed by atoms with Gasteiger partial charge < -0.3 is 5.32 Å². The van der Waals surface area contributed by atoms with Crippen molar-refractivity contribution in [3.63, 3.8) is 0 Å². The van der Waals surface area contributed by atoms with E-state index in [1.165, 1.54) is 12.1 Å². The Hall–Kier alpha value is -1.94. The van der Waals surface area contributed by atoms with Gasteiger partial charge in [-0.15, -0.1) is 0 Å². The minimum Gasteiger partial charge on any atom is -0.381 e. The van der Waals surface area contributed by atoms with Crippen LogP contribution in [0.4, 0.5) is 18.9 Å². The second kappa shape index (κ2) is 6.68. The normalized spacial score (nSPS) is 11.8. The zero-order chi connectivity index (χ0) is 15.3. The van der Waals surface area contributed by atoms with Gasteiger partial charge in [-0.1, -0.05) is 54.1 Å². The van der Waals surface area contributed by atoms with Crippen LogP contribution in [0.2, 0.25) is 5.02 Å². The maximum atomic E-state index is 12.9. The molecule has 0 spiro atoms. The molecule has 2 rings (SSSR count). The second-order valence-electron chi connectivity index (χ2n) is 4.38. The van der Waals surface area contributed by atoms with Crippen LogP contribution in [0.5, 0.6) is 0 Å². The summed E-state index contributed by atoms with van der Waals surface area (Å²) in [6.07, 6.45) is -0.823. The van der Waals surface area contributed by atoms with Gasteiger partial charge >= 0.3 is 6.18 Å². The van der Waals surface area contributed by atoms with E-state index in [-0.39, 0.29) is 10.7 Å². The first-order chi connectivity index (χ1) is 9.97. The predicted molar refractivity (Wildman–Crippen MR) is 80.4 cm³/mol. The van der Waals surface area contributed by atoms with Crippen molar-refractivity contribution in [3.05, 3.63) is 70.8 Å². The Morgan fingerprint density at radius 1 is 1.05 bits per heavy atom. The summed E-state index contributed by atoms with van der Waals surface area (Å²) in [5.74, 6) is 0. The van der Waals surface area contributed by atoms with Crippen molar-refractivity contribution in [1.29, 1.82) is 0 Å². The molecule has 0 saturated heterocycles. The van der Waals surface area contributed by atoms with Gasteiger partial charge in [-0.25, -0.2) is 0 Å². The molecule has 110 valence electrons. The van der Waals surface area contributed by atoms with Gasteiger partial charge in [0.25, 0.3) is 0 Å². The number of nitrogens with one attached hydrogen (secondary N) is 1. The molecule has 2 aromatic carbocycles.